The standard InChI is InChI=1S/C19H20O6/c1-5-10(2)18(22)24-16-14-12(25-19(3,4)17(16)21)8-6-11-7-9-13(20)23-15(11)14/h5-9,16-17,21H,1-4H3/b10-5-/t16-,17+/m1/s1. The molecule has 1 aromatic heterocycles. The van der Waals surface area contributed by atoms with Gasteiger partial charge in [-0.05, 0) is 45.9 Å². The van der Waals surface area contributed by atoms with Crippen LogP contribution >= 0.6 is 0 Å². The quantitative estimate of drug-likeness (QED) is 0.512. The van der Waals surface area contributed by atoms with E-state index >= 15 is 0 Å². The number of hydrogen-bond acceptors (Lipinski definition) is 6. The highest BCUT2D eigenvalue weighted by molar-refractivity contribution is 5.89. The van der Waals surface area contributed by atoms with Crippen LogP contribution in [0.3, 0.4) is 0 Å². The molecule has 0 fully saturated rings. The molecule has 6 heteroatoms. The Morgan fingerprint density at radius 1 is 1.28 bits per heavy atom. The summed E-state index contributed by atoms with van der Waals surface area (Å²) in [6, 6.07) is 6.39. The number of esters is 1. The highest BCUT2D eigenvalue weighted by Gasteiger charge is 2.46. The minimum Gasteiger partial charge on any atom is -0.484 e. The maximum atomic E-state index is 12.3. The largest absolute Gasteiger partial charge is 0.484 e. The van der Waals surface area contributed by atoms with Crippen LogP contribution in [0.25, 0.3) is 11.0 Å². The lowest BCUT2D eigenvalue weighted by molar-refractivity contribution is -0.166. The molecule has 0 spiro atoms. The maximum absolute atomic E-state index is 12.3. The molecule has 0 bridgehead atoms. The minimum atomic E-state index is -1.13. The summed E-state index contributed by atoms with van der Waals surface area (Å²) in [5.74, 6) is -0.140. The van der Waals surface area contributed by atoms with E-state index < -0.39 is 29.4 Å². The SMILES string of the molecule is C/C=C(/C)C(=O)O[C@@H]1c2c(ccc3ccc(=O)oc23)OC(C)(C)[C@H]1O. The van der Waals surface area contributed by atoms with Crippen molar-refractivity contribution in [3.05, 3.63) is 51.9 Å². The normalized spacial score (nSPS) is 22.2. The van der Waals surface area contributed by atoms with Crippen LogP contribution < -0.4 is 10.4 Å². The van der Waals surface area contributed by atoms with Gasteiger partial charge in [0.1, 0.15) is 23.0 Å². The molecule has 3 rings (SSSR count). The van der Waals surface area contributed by atoms with Gasteiger partial charge in [0.15, 0.2) is 6.10 Å². The van der Waals surface area contributed by atoms with Crippen LogP contribution in [0, 0.1) is 0 Å². The average Bonchev–Trinajstić information content (AvgIpc) is 2.57. The molecule has 25 heavy (non-hydrogen) atoms. The number of benzene rings is 1. The molecule has 0 aliphatic carbocycles. The Balaban J connectivity index is 2.22. The average molecular weight is 344 g/mol. The molecule has 2 heterocycles. The fourth-order valence-corrected chi connectivity index (χ4v) is 2.81. The topological polar surface area (TPSA) is 86.0 Å². The highest BCUT2D eigenvalue weighted by Crippen LogP contribution is 2.45. The minimum absolute atomic E-state index is 0.246. The van der Waals surface area contributed by atoms with Crippen molar-refractivity contribution in [2.75, 3.05) is 0 Å². The van der Waals surface area contributed by atoms with Gasteiger partial charge in [0, 0.05) is 17.0 Å². The van der Waals surface area contributed by atoms with Crippen LogP contribution in [-0.4, -0.2) is 22.8 Å². The number of rotatable bonds is 2. The molecule has 0 unspecified atom stereocenters. The third kappa shape index (κ3) is 2.93. The molecule has 1 aliphatic heterocycles. The van der Waals surface area contributed by atoms with Gasteiger partial charge >= 0.3 is 11.6 Å². The lowest BCUT2D eigenvalue weighted by Crippen LogP contribution is -2.50. The van der Waals surface area contributed by atoms with Crippen molar-refractivity contribution in [1.29, 1.82) is 0 Å². The zero-order valence-corrected chi connectivity index (χ0v) is 14.5. The third-order valence-electron chi connectivity index (χ3n) is 4.43. The summed E-state index contributed by atoms with van der Waals surface area (Å²) in [5.41, 5.74) is -0.491. The van der Waals surface area contributed by atoms with Gasteiger partial charge in [-0.2, -0.15) is 0 Å². The smallest absolute Gasteiger partial charge is 0.336 e. The second kappa shape index (κ2) is 6.04. The van der Waals surface area contributed by atoms with Crippen molar-refractivity contribution in [2.24, 2.45) is 0 Å². The van der Waals surface area contributed by atoms with E-state index in [0.29, 0.717) is 22.3 Å². The van der Waals surface area contributed by atoms with Gasteiger partial charge in [-0.3, -0.25) is 0 Å². The zero-order chi connectivity index (χ0) is 18.4. The van der Waals surface area contributed by atoms with Gasteiger partial charge < -0.3 is 19.0 Å². The first-order valence-electron chi connectivity index (χ1n) is 8.02. The number of aliphatic hydroxyl groups excluding tert-OH is 1. The van der Waals surface area contributed by atoms with E-state index in [-0.39, 0.29) is 5.58 Å². The fourth-order valence-electron chi connectivity index (χ4n) is 2.81. The van der Waals surface area contributed by atoms with E-state index in [9.17, 15) is 14.7 Å². The van der Waals surface area contributed by atoms with Crippen LogP contribution in [-0.2, 0) is 9.53 Å². The summed E-state index contributed by atoms with van der Waals surface area (Å²) in [6.07, 6.45) is -0.524. The molecule has 1 aliphatic rings. The summed E-state index contributed by atoms with van der Waals surface area (Å²) < 4.78 is 16.7. The Morgan fingerprint density at radius 2 is 1.96 bits per heavy atom. The van der Waals surface area contributed by atoms with Crippen molar-refractivity contribution < 1.29 is 23.8 Å². The van der Waals surface area contributed by atoms with E-state index in [1.54, 1.807) is 52.0 Å². The van der Waals surface area contributed by atoms with Gasteiger partial charge in [0.25, 0.3) is 0 Å². The van der Waals surface area contributed by atoms with Gasteiger partial charge in [-0.15, -0.1) is 0 Å². The van der Waals surface area contributed by atoms with E-state index in [4.69, 9.17) is 13.9 Å². The predicted octanol–water partition coefficient (Wildman–Crippen LogP) is 2.88. The predicted molar refractivity (Wildman–Crippen MR) is 91.5 cm³/mol. The number of aliphatic hydroxyl groups is 1. The van der Waals surface area contributed by atoms with E-state index in [1.165, 1.54) is 6.07 Å². The monoisotopic (exact) mass is 344 g/mol. The van der Waals surface area contributed by atoms with Crippen molar-refractivity contribution in [2.45, 2.75) is 45.5 Å². The Labute approximate surface area is 144 Å². The lowest BCUT2D eigenvalue weighted by atomic mass is 9.87. The lowest BCUT2D eigenvalue weighted by Gasteiger charge is -2.41. The zero-order valence-electron chi connectivity index (χ0n) is 14.5. The van der Waals surface area contributed by atoms with Crippen molar-refractivity contribution in [1.82, 2.24) is 0 Å². The summed E-state index contributed by atoms with van der Waals surface area (Å²) in [4.78, 5) is 24.0. The van der Waals surface area contributed by atoms with Gasteiger partial charge in [-0.1, -0.05) is 6.08 Å². The molecule has 0 radical (unpaired) electrons. The molecule has 1 N–H and O–H groups in total. The molecule has 2 atom stereocenters. The number of fused-ring (bicyclic) bond motifs is 3. The Hall–Kier alpha value is -2.60. The molecular weight excluding hydrogens is 324 g/mol. The second-order valence-electron chi connectivity index (χ2n) is 6.60. The Bertz CT molecular complexity index is 921. The van der Waals surface area contributed by atoms with Gasteiger partial charge in [0.05, 0.1) is 5.56 Å². The molecule has 0 saturated heterocycles. The van der Waals surface area contributed by atoms with E-state index in [2.05, 4.69) is 0 Å². The number of carbonyl (C=O) groups is 1. The maximum Gasteiger partial charge on any atom is 0.336 e. The van der Waals surface area contributed by atoms with Gasteiger partial charge in [-0.25, -0.2) is 9.59 Å². The summed E-state index contributed by atoms with van der Waals surface area (Å²) in [5, 5.41) is 11.4. The summed E-state index contributed by atoms with van der Waals surface area (Å²) in [6.45, 7) is 6.76. The molecule has 2 aromatic rings. The number of ether oxygens (including phenoxy) is 2. The van der Waals surface area contributed by atoms with Crippen LogP contribution in [0.1, 0.15) is 39.4 Å². The first-order chi connectivity index (χ1) is 11.7. The van der Waals surface area contributed by atoms with E-state index in [0.717, 1.165) is 0 Å². The molecule has 6 nitrogen and oxygen atoms in total. The molecule has 0 amide bonds. The summed E-state index contributed by atoms with van der Waals surface area (Å²) >= 11 is 0. The first-order valence-corrected chi connectivity index (χ1v) is 8.02. The van der Waals surface area contributed by atoms with Crippen LogP contribution in [0.5, 0.6) is 5.75 Å². The summed E-state index contributed by atoms with van der Waals surface area (Å²) in [7, 11) is 0. The van der Waals surface area contributed by atoms with Crippen LogP contribution in [0.2, 0.25) is 0 Å². The van der Waals surface area contributed by atoms with Crippen molar-refractivity contribution in [3.8, 4) is 5.75 Å². The molecule has 132 valence electrons. The van der Waals surface area contributed by atoms with Gasteiger partial charge in [0.2, 0.25) is 0 Å². The first kappa shape index (κ1) is 17.2. The number of hydrogen-bond donors (Lipinski definition) is 1. The highest BCUT2D eigenvalue weighted by atomic mass is 16.6. The molecular formula is C19H20O6. The second-order valence-corrected chi connectivity index (χ2v) is 6.60. The van der Waals surface area contributed by atoms with Crippen LogP contribution in [0.15, 0.2) is 45.1 Å². The third-order valence-corrected chi connectivity index (χ3v) is 4.43. The van der Waals surface area contributed by atoms with Crippen LogP contribution in [0.4, 0.5) is 0 Å². The Kier molecular flexibility index (Phi) is 4.16. The molecule has 0 saturated carbocycles. The van der Waals surface area contributed by atoms with Crippen molar-refractivity contribution >= 4 is 16.9 Å². The molecule has 1 aromatic carbocycles. The number of allylic oxidation sites excluding steroid dienone is 1. The van der Waals surface area contributed by atoms with Crippen molar-refractivity contribution in [3.63, 3.8) is 0 Å². The Morgan fingerprint density at radius 3 is 2.64 bits per heavy atom. The fraction of sp³-hybridized carbons (Fsp3) is 0.368. The number of carbonyl (C=O) groups excluding carboxylic acids is 1. The van der Waals surface area contributed by atoms with E-state index in [1.807, 2.05) is 0 Å².